The summed E-state index contributed by atoms with van der Waals surface area (Å²) in [5.41, 5.74) is 7.63. The molecule has 0 aliphatic heterocycles. The molecular formula is C15H15BrFN3. The molecule has 2 rings (SSSR count). The van der Waals surface area contributed by atoms with Gasteiger partial charge >= 0.3 is 0 Å². The average Bonchev–Trinajstić information content (AvgIpc) is 2.41. The normalized spacial score (nSPS) is 10.3. The molecule has 0 aliphatic carbocycles. The van der Waals surface area contributed by atoms with E-state index in [9.17, 15) is 4.39 Å². The van der Waals surface area contributed by atoms with Gasteiger partial charge in [0, 0.05) is 34.9 Å². The fourth-order valence-electron chi connectivity index (χ4n) is 2.02. The van der Waals surface area contributed by atoms with Gasteiger partial charge in [-0.05, 0) is 24.3 Å². The van der Waals surface area contributed by atoms with Gasteiger partial charge in [-0.25, -0.2) is 4.39 Å². The molecule has 0 aromatic heterocycles. The van der Waals surface area contributed by atoms with Crippen molar-refractivity contribution in [3.63, 3.8) is 0 Å². The van der Waals surface area contributed by atoms with Crippen LogP contribution in [0.4, 0.5) is 10.1 Å². The minimum absolute atomic E-state index is 0.0123. The first kappa shape index (κ1) is 14.5. The molecule has 0 fully saturated rings. The average molecular weight is 336 g/mol. The lowest BCUT2D eigenvalue weighted by molar-refractivity contribution is 0.608. The lowest BCUT2D eigenvalue weighted by Gasteiger charge is -2.22. The molecule has 20 heavy (non-hydrogen) atoms. The number of rotatable bonds is 4. The van der Waals surface area contributed by atoms with Gasteiger partial charge < -0.3 is 10.6 Å². The zero-order valence-corrected chi connectivity index (χ0v) is 12.6. The summed E-state index contributed by atoms with van der Waals surface area (Å²) in [5.74, 6) is -0.248. The number of hydrogen-bond donors (Lipinski definition) is 2. The summed E-state index contributed by atoms with van der Waals surface area (Å²) in [4.78, 5) is 1.88. The zero-order chi connectivity index (χ0) is 14.7. The first-order valence-corrected chi connectivity index (χ1v) is 6.87. The maximum absolute atomic E-state index is 13.7. The molecule has 0 amide bonds. The lowest BCUT2D eigenvalue weighted by atomic mass is 10.1. The number of benzene rings is 2. The number of amidine groups is 1. The van der Waals surface area contributed by atoms with E-state index in [4.69, 9.17) is 11.1 Å². The van der Waals surface area contributed by atoms with E-state index in [-0.39, 0.29) is 11.7 Å². The highest BCUT2D eigenvalue weighted by atomic mass is 79.9. The van der Waals surface area contributed by atoms with Crippen molar-refractivity contribution in [2.45, 2.75) is 6.54 Å². The van der Waals surface area contributed by atoms with E-state index in [0.717, 1.165) is 10.2 Å². The van der Waals surface area contributed by atoms with E-state index < -0.39 is 0 Å². The van der Waals surface area contributed by atoms with Crippen molar-refractivity contribution in [2.24, 2.45) is 5.73 Å². The number of halogens is 2. The molecule has 0 radical (unpaired) electrons. The molecule has 0 unspecified atom stereocenters. The molecule has 3 N–H and O–H groups in total. The van der Waals surface area contributed by atoms with Crippen LogP contribution in [0.25, 0.3) is 0 Å². The topological polar surface area (TPSA) is 53.1 Å². The summed E-state index contributed by atoms with van der Waals surface area (Å²) in [5, 5.41) is 7.64. The Labute approximate surface area is 125 Å². The summed E-state index contributed by atoms with van der Waals surface area (Å²) in [6.07, 6.45) is 0. The van der Waals surface area contributed by atoms with Crippen LogP contribution in [0.1, 0.15) is 11.1 Å². The largest absolute Gasteiger partial charge is 0.384 e. The van der Waals surface area contributed by atoms with Crippen LogP contribution < -0.4 is 10.6 Å². The van der Waals surface area contributed by atoms with Gasteiger partial charge in [-0.1, -0.05) is 34.1 Å². The van der Waals surface area contributed by atoms with Gasteiger partial charge in [-0.2, -0.15) is 0 Å². The smallest absolute Gasteiger partial charge is 0.128 e. The monoisotopic (exact) mass is 335 g/mol. The Bertz CT molecular complexity index is 643. The van der Waals surface area contributed by atoms with Crippen LogP contribution in [-0.2, 0) is 6.54 Å². The second-order valence-electron chi connectivity index (χ2n) is 4.52. The second kappa shape index (κ2) is 6.05. The number of nitrogens with one attached hydrogen (secondary N) is 1. The third-order valence-corrected chi connectivity index (χ3v) is 3.52. The molecule has 2 aromatic rings. The van der Waals surface area contributed by atoms with Crippen LogP contribution in [0.3, 0.4) is 0 Å². The van der Waals surface area contributed by atoms with Crippen LogP contribution >= 0.6 is 15.9 Å². The Kier molecular flexibility index (Phi) is 4.39. The molecular weight excluding hydrogens is 321 g/mol. The van der Waals surface area contributed by atoms with Crippen LogP contribution in [0.2, 0.25) is 0 Å². The quantitative estimate of drug-likeness (QED) is 0.663. The summed E-state index contributed by atoms with van der Waals surface area (Å²) in [6, 6.07) is 12.2. The Morgan fingerprint density at radius 2 is 2.00 bits per heavy atom. The van der Waals surface area contributed by atoms with Crippen molar-refractivity contribution in [3.8, 4) is 0 Å². The van der Waals surface area contributed by atoms with Gasteiger partial charge in [0.2, 0.25) is 0 Å². The van der Waals surface area contributed by atoms with Gasteiger partial charge in [0.1, 0.15) is 11.7 Å². The Balaban J connectivity index is 2.32. The molecule has 0 saturated carbocycles. The minimum Gasteiger partial charge on any atom is -0.384 e. The van der Waals surface area contributed by atoms with Crippen molar-refractivity contribution < 1.29 is 4.39 Å². The van der Waals surface area contributed by atoms with E-state index in [0.29, 0.717) is 17.7 Å². The van der Waals surface area contributed by atoms with Crippen molar-refractivity contribution in [2.75, 3.05) is 11.9 Å². The highest BCUT2D eigenvalue weighted by Crippen LogP contribution is 2.25. The zero-order valence-electron chi connectivity index (χ0n) is 11.0. The SMILES string of the molecule is CN(Cc1ccccc1F)c1ccc(Br)cc1C(=N)N. The van der Waals surface area contributed by atoms with Gasteiger partial charge in [-0.15, -0.1) is 0 Å². The van der Waals surface area contributed by atoms with E-state index in [2.05, 4.69) is 15.9 Å². The van der Waals surface area contributed by atoms with Gasteiger partial charge in [-0.3, -0.25) is 5.41 Å². The van der Waals surface area contributed by atoms with Crippen LogP contribution in [0.5, 0.6) is 0 Å². The van der Waals surface area contributed by atoms with Gasteiger partial charge in [0.05, 0.1) is 0 Å². The Morgan fingerprint density at radius 1 is 1.30 bits per heavy atom. The van der Waals surface area contributed by atoms with Gasteiger partial charge in [0.25, 0.3) is 0 Å². The first-order valence-electron chi connectivity index (χ1n) is 6.07. The van der Waals surface area contributed by atoms with Crippen molar-refractivity contribution in [3.05, 3.63) is 63.9 Å². The number of anilines is 1. The van der Waals surface area contributed by atoms with E-state index >= 15 is 0 Å². The fourth-order valence-corrected chi connectivity index (χ4v) is 2.39. The standard InChI is InChI=1S/C15H15BrFN3/c1-20(9-10-4-2-3-5-13(10)17)14-7-6-11(16)8-12(14)15(18)19/h2-8H,9H2,1H3,(H3,18,19). The van der Waals surface area contributed by atoms with Crippen LogP contribution in [0, 0.1) is 11.2 Å². The molecule has 0 saturated heterocycles. The van der Waals surface area contributed by atoms with Crippen LogP contribution in [-0.4, -0.2) is 12.9 Å². The van der Waals surface area contributed by atoms with E-state index in [1.165, 1.54) is 6.07 Å². The maximum atomic E-state index is 13.7. The molecule has 5 heteroatoms. The second-order valence-corrected chi connectivity index (χ2v) is 5.44. The predicted octanol–water partition coefficient (Wildman–Crippen LogP) is 3.51. The number of nitrogen functional groups attached to an aromatic ring is 1. The molecule has 0 heterocycles. The molecule has 2 aromatic carbocycles. The molecule has 0 bridgehead atoms. The summed E-state index contributed by atoms with van der Waals surface area (Å²) < 4.78 is 14.5. The lowest BCUT2D eigenvalue weighted by Crippen LogP contribution is -2.22. The molecule has 104 valence electrons. The highest BCUT2D eigenvalue weighted by molar-refractivity contribution is 9.10. The summed E-state index contributed by atoms with van der Waals surface area (Å²) >= 11 is 3.36. The highest BCUT2D eigenvalue weighted by Gasteiger charge is 2.12. The number of nitrogens with zero attached hydrogens (tertiary/aromatic N) is 1. The maximum Gasteiger partial charge on any atom is 0.128 e. The molecule has 0 aliphatic rings. The van der Waals surface area contributed by atoms with E-state index in [1.807, 2.05) is 24.1 Å². The van der Waals surface area contributed by atoms with Crippen molar-refractivity contribution >= 4 is 27.5 Å². The summed E-state index contributed by atoms with van der Waals surface area (Å²) in [7, 11) is 1.85. The molecule has 0 atom stereocenters. The minimum atomic E-state index is -0.235. The fraction of sp³-hybridized carbons (Fsp3) is 0.133. The summed E-state index contributed by atoms with van der Waals surface area (Å²) in [6.45, 7) is 0.411. The molecule has 0 spiro atoms. The Morgan fingerprint density at radius 3 is 2.65 bits per heavy atom. The number of nitrogens with two attached hydrogens (primary N) is 1. The first-order chi connectivity index (χ1) is 9.49. The van der Waals surface area contributed by atoms with Crippen molar-refractivity contribution in [1.82, 2.24) is 0 Å². The third kappa shape index (κ3) is 3.17. The third-order valence-electron chi connectivity index (χ3n) is 3.03. The molecule has 3 nitrogen and oxygen atoms in total. The van der Waals surface area contributed by atoms with Gasteiger partial charge in [0.15, 0.2) is 0 Å². The Hall–Kier alpha value is -1.88. The van der Waals surface area contributed by atoms with E-state index in [1.54, 1.807) is 24.3 Å². The number of hydrogen-bond acceptors (Lipinski definition) is 2. The predicted molar refractivity (Wildman–Crippen MR) is 83.7 cm³/mol. The van der Waals surface area contributed by atoms with Crippen LogP contribution in [0.15, 0.2) is 46.9 Å². The van der Waals surface area contributed by atoms with Crippen molar-refractivity contribution in [1.29, 1.82) is 5.41 Å².